The van der Waals surface area contributed by atoms with Gasteiger partial charge in [-0.05, 0) is 29.7 Å². The van der Waals surface area contributed by atoms with Crippen LogP contribution in [0.25, 0.3) is 0 Å². The quantitative estimate of drug-likeness (QED) is 0.906. The molecule has 1 N–H and O–H groups in total. The van der Waals surface area contributed by atoms with Gasteiger partial charge in [0.1, 0.15) is 0 Å². The molecule has 116 valence electrons. The second-order valence-electron chi connectivity index (χ2n) is 5.65. The molecule has 1 aromatic heterocycles. The summed E-state index contributed by atoms with van der Waals surface area (Å²) in [6.07, 6.45) is 3.04. The monoisotopic (exact) mass is 359 g/mol. The number of benzene rings is 1. The van der Waals surface area contributed by atoms with Crippen LogP contribution >= 0.6 is 15.9 Å². The summed E-state index contributed by atoms with van der Waals surface area (Å²) >= 11 is 3.72. The highest BCUT2D eigenvalue weighted by Gasteiger charge is 2.26. The number of nitrogens with zero attached hydrogens (tertiary/aromatic N) is 2. The maximum Gasteiger partial charge on any atom is 0.0788 e. The molecular weight excluding hydrogens is 338 g/mol. The second-order valence-corrected chi connectivity index (χ2v) is 6.51. The van der Waals surface area contributed by atoms with Gasteiger partial charge in [-0.2, -0.15) is 0 Å². The maximum atomic E-state index is 4.76. The number of piperazine rings is 1. The Balaban J connectivity index is 1.99. The van der Waals surface area contributed by atoms with Crippen LogP contribution in [0.3, 0.4) is 0 Å². The standard InChI is InChI=1S/C18H22BrN3/c1-2-14-7-8-17(21-13-14)18(22-11-9-20-10-12-22)15-5-3-4-6-16(15)19/h3-8,13,18,20H,2,9-12H2,1H3. The lowest BCUT2D eigenvalue weighted by Gasteiger charge is -2.35. The molecule has 22 heavy (non-hydrogen) atoms. The molecule has 0 saturated carbocycles. The number of aromatic nitrogens is 1. The van der Waals surface area contributed by atoms with E-state index in [9.17, 15) is 0 Å². The first kappa shape index (κ1) is 15.7. The van der Waals surface area contributed by atoms with Gasteiger partial charge in [0, 0.05) is 36.8 Å². The van der Waals surface area contributed by atoms with Crippen molar-refractivity contribution in [2.45, 2.75) is 19.4 Å². The van der Waals surface area contributed by atoms with Gasteiger partial charge in [-0.15, -0.1) is 0 Å². The summed E-state index contributed by atoms with van der Waals surface area (Å²) < 4.78 is 1.15. The first-order valence-corrected chi connectivity index (χ1v) is 8.73. The second kappa shape index (κ2) is 7.36. The third kappa shape index (κ3) is 3.40. The molecule has 1 aliphatic rings. The van der Waals surface area contributed by atoms with Crippen molar-refractivity contribution in [3.63, 3.8) is 0 Å². The lowest BCUT2D eigenvalue weighted by molar-refractivity contribution is 0.195. The zero-order valence-corrected chi connectivity index (χ0v) is 14.5. The first-order valence-electron chi connectivity index (χ1n) is 7.93. The SMILES string of the molecule is CCc1ccc(C(c2ccccc2Br)N2CCNCC2)nc1. The normalized spacial score (nSPS) is 17.4. The van der Waals surface area contributed by atoms with E-state index in [-0.39, 0.29) is 6.04 Å². The van der Waals surface area contributed by atoms with E-state index in [1.807, 2.05) is 6.20 Å². The fraction of sp³-hybridized carbons (Fsp3) is 0.389. The van der Waals surface area contributed by atoms with Gasteiger partial charge in [0.15, 0.2) is 0 Å². The average molecular weight is 360 g/mol. The summed E-state index contributed by atoms with van der Waals surface area (Å²) in [5, 5.41) is 3.43. The number of rotatable bonds is 4. The number of hydrogen-bond acceptors (Lipinski definition) is 3. The van der Waals surface area contributed by atoms with Crippen molar-refractivity contribution < 1.29 is 0 Å². The van der Waals surface area contributed by atoms with Crippen LogP contribution in [0.4, 0.5) is 0 Å². The van der Waals surface area contributed by atoms with Crippen LogP contribution in [-0.2, 0) is 6.42 Å². The van der Waals surface area contributed by atoms with E-state index in [2.05, 4.69) is 69.5 Å². The highest BCUT2D eigenvalue weighted by Crippen LogP contribution is 2.32. The van der Waals surface area contributed by atoms with Crippen molar-refractivity contribution in [3.05, 3.63) is 63.9 Å². The molecule has 1 aliphatic heterocycles. The molecule has 0 radical (unpaired) electrons. The molecule has 1 fully saturated rings. The highest BCUT2D eigenvalue weighted by molar-refractivity contribution is 9.10. The number of pyridine rings is 1. The summed E-state index contributed by atoms with van der Waals surface area (Å²) in [5.74, 6) is 0. The van der Waals surface area contributed by atoms with Gasteiger partial charge in [0.2, 0.25) is 0 Å². The summed E-state index contributed by atoms with van der Waals surface area (Å²) in [4.78, 5) is 7.28. The summed E-state index contributed by atoms with van der Waals surface area (Å²) in [5.41, 5.74) is 3.71. The minimum Gasteiger partial charge on any atom is -0.314 e. The van der Waals surface area contributed by atoms with Crippen molar-refractivity contribution in [1.82, 2.24) is 15.2 Å². The molecule has 0 spiro atoms. The molecule has 3 nitrogen and oxygen atoms in total. The van der Waals surface area contributed by atoms with E-state index in [4.69, 9.17) is 4.98 Å². The van der Waals surface area contributed by atoms with Crippen LogP contribution in [0.5, 0.6) is 0 Å². The summed E-state index contributed by atoms with van der Waals surface area (Å²) in [6.45, 7) is 6.33. The molecule has 1 aromatic carbocycles. The first-order chi connectivity index (χ1) is 10.8. The van der Waals surface area contributed by atoms with Crippen LogP contribution in [-0.4, -0.2) is 36.1 Å². The van der Waals surface area contributed by atoms with Gasteiger partial charge in [0.25, 0.3) is 0 Å². The predicted octanol–water partition coefficient (Wildman–Crippen LogP) is 3.40. The topological polar surface area (TPSA) is 28.2 Å². The largest absolute Gasteiger partial charge is 0.314 e. The van der Waals surface area contributed by atoms with E-state index in [1.54, 1.807) is 0 Å². The minimum atomic E-state index is 0.212. The molecule has 3 rings (SSSR count). The summed E-state index contributed by atoms with van der Waals surface area (Å²) in [6, 6.07) is 13.1. The van der Waals surface area contributed by atoms with E-state index < -0.39 is 0 Å². The van der Waals surface area contributed by atoms with Crippen molar-refractivity contribution in [3.8, 4) is 0 Å². The van der Waals surface area contributed by atoms with Gasteiger partial charge < -0.3 is 5.32 Å². The Bertz CT molecular complexity index is 606. The Morgan fingerprint density at radius 2 is 1.95 bits per heavy atom. The molecule has 1 unspecified atom stereocenters. The Hall–Kier alpha value is -1.23. The predicted molar refractivity (Wildman–Crippen MR) is 94.0 cm³/mol. The van der Waals surface area contributed by atoms with Crippen molar-refractivity contribution in [2.24, 2.45) is 0 Å². The number of aryl methyl sites for hydroxylation is 1. The smallest absolute Gasteiger partial charge is 0.0788 e. The molecule has 4 heteroatoms. The van der Waals surface area contributed by atoms with Crippen LogP contribution < -0.4 is 5.32 Å². The van der Waals surface area contributed by atoms with Gasteiger partial charge in [-0.1, -0.05) is 47.1 Å². The zero-order valence-electron chi connectivity index (χ0n) is 12.9. The Kier molecular flexibility index (Phi) is 5.24. The Morgan fingerprint density at radius 1 is 1.18 bits per heavy atom. The van der Waals surface area contributed by atoms with Crippen LogP contribution in [0.1, 0.15) is 29.8 Å². The average Bonchev–Trinajstić information content (AvgIpc) is 2.58. The molecule has 0 aliphatic carbocycles. The maximum absolute atomic E-state index is 4.76. The van der Waals surface area contributed by atoms with E-state index >= 15 is 0 Å². The molecule has 0 amide bonds. The summed E-state index contributed by atoms with van der Waals surface area (Å²) in [7, 11) is 0. The third-order valence-corrected chi connectivity index (χ3v) is 4.97. The molecule has 0 bridgehead atoms. The third-order valence-electron chi connectivity index (χ3n) is 4.25. The van der Waals surface area contributed by atoms with Crippen molar-refractivity contribution in [2.75, 3.05) is 26.2 Å². The zero-order chi connectivity index (χ0) is 15.4. The molecular formula is C18H22BrN3. The number of halogens is 1. The van der Waals surface area contributed by atoms with E-state index in [0.29, 0.717) is 0 Å². The van der Waals surface area contributed by atoms with E-state index in [1.165, 1.54) is 11.1 Å². The fourth-order valence-electron chi connectivity index (χ4n) is 2.99. The van der Waals surface area contributed by atoms with Gasteiger partial charge in [-0.3, -0.25) is 9.88 Å². The van der Waals surface area contributed by atoms with Crippen LogP contribution in [0.2, 0.25) is 0 Å². The lowest BCUT2D eigenvalue weighted by atomic mass is 10.00. The van der Waals surface area contributed by atoms with Crippen LogP contribution in [0.15, 0.2) is 47.1 Å². The molecule has 1 atom stereocenters. The molecule has 2 heterocycles. The Labute approximate surface area is 140 Å². The number of nitrogens with one attached hydrogen (secondary N) is 1. The molecule has 2 aromatic rings. The van der Waals surface area contributed by atoms with Crippen molar-refractivity contribution in [1.29, 1.82) is 0 Å². The lowest BCUT2D eigenvalue weighted by Crippen LogP contribution is -2.45. The minimum absolute atomic E-state index is 0.212. The highest BCUT2D eigenvalue weighted by atomic mass is 79.9. The van der Waals surface area contributed by atoms with Crippen molar-refractivity contribution >= 4 is 15.9 Å². The van der Waals surface area contributed by atoms with Gasteiger partial charge >= 0.3 is 0 Å². The Morgan fingerprint density at radius 3 is 2.59 bits per heavy atom. The number of hydrogen-bond donors (Lipinski definition) is 1. The van der Waals surface area contributed by atoms with Gasteiger partial charge in [0.05, 0.1) is 11.7 Å². The van der Waals surface area contributed by atoms with Crippen LogP contribution in [0, 0.1) is 0 Å². The van der Waals surface area contributed by atoms with Gasteiger partial charge in [-0.25, -0.2) is 0 Å². The fourth-order valence-corrected chi connectivity index (χ4v) is 3.49. The molecule has 1 saturated heterocycles. The van der Waals surface area contributed by atoms with E-state index in [0.717, 1.165) is 42.8 Å².